The van der Waals surface area contributed by atoms with Crippen LogP contribution in [0.25, 0.3) is 0 Å². The minimum Gasteiger partial charge on any atom is -0.340 e. The van der Waals surface area contributed by atoms with Crippen molar-refractivity contribution in [1.82, 2.24) is 4.90 Å². The Labute approximate surface area is 87.7 Å². The summed E-state index contributed by atoms with van der Waals surface area (Å²) in [5.74, 6) is 0.584. The zero-order chi connectivity index (χ0) is 10.6. The van der Waals surface area contributed by atoms with Crippen LogP contribution in [-0.2, 0) is 4.79 Å². The van der Waals surface area contributed by atoms with Crippen LogP contribution < -0.4 is 0 Å². The Bertz CT molecular complexity index is 191. The molecular formula is C12H23NO. The molecule has 0 saturated carbocycles. The van der Waals surface area contributed by atoms with Crippen molar-refractivity contribution in [3.8, 4) is 0 Å². The van der Waals surface area contributed by atoms with E-state index < -0.39 is 0 Å². The van der Waals surface area contributed by atoms with Gasteiger partial charge in [0.1, 0.15) is 0 Å². The molecule has 1 amide bonds. The second-order valence-corrected chi connectivity index (χ2v) is 4.40. The van der Waals surface area contributed by atoms with Gasteiger partial charge < -0.3 is 4.90 Å². The number of nitrogens with zero attached hydrogens (tertiary/aromatic N) is 1. The predicted octanol–water partition coefficient (Wildman–Crippen LogP) is 2.82. The molecule has 2 nitrogen and oxygen atoms in total. The summed E-state index contributed by atoms with van der Waals surface area (Å²) < 4.78 is 0. The Hall–Kier alpha value is -0.530. The monoisotopic (exact) mass is 197 g/mol. The van der Waals surface area contributed by atoms with E-state index in [1.807, 2.05) is 6.92 Å². The normalized spacial score (nSPS) is 24.8. The predicted molar refractivity (Wildman–Crippen MR) is 59.1 cm³/mol. The maximum absolute atomic E-state index is 12.0. The first kappa shape index (κ1) is 11.5. The van der Waals surface area contributed by atoms with E-state index >= 15 is 0 Å². The van der Waals surface area contributed by atoms with Gasteiger partial charge in [0.2, 0.25) is 5.91 Å². The largest absolute Gasteiger partial charge is 0.340 e. The van der Waals surface area contributed by atoms with E-state index in [-0.39, 0.29) is 5.92 Å². The highest BCUT2D eigenvalue weighted by molar-refractivity contribution is 5.78. The molecule has 1 fully saturated rings. The first-order chi connectivity index (χ1) is 6.70. The molecule has 0 radical (unpaired) electrons. The van der Waals surface area contributed by atoms with Crippen LogP contribution in [0, 0.1) is 5.92 Å². The van der Waals surface area contributed by atoms with Gasteiger partial charge in [0.25, 0.3) is 0 Å². The highest BCUT2D eigenvalue weighted by Gasteiger charge is 2.27. The lowest BCUT2D eigenvalue weighted by Gasteiger charge is -2.36. The SMILES string of the molecule is CC[C@H]1CCCCN1C(=O)[C@@H](C)CC. The van der Waals surface area contributed by atoms with Gasteiger partial charge in [-0.25, -0.2) is 0 Å². The fraction of sp³-hybridized carbons (Fsp3) is 0.917. The van der Waals surface area contributed by atoms with E-state index in [9.17, 15) is 4.79 Å². The van der Waals surface area contributed by atoms with Gasteiger partial charge in [0.15, 0.2) is 0 Å². The smallest absolute Gasteiger partial charge is 0.225 e. The van der Waals surface area contributed by atoms with Gasteiger partial charge in [-0.3, -0.25) is 4.79 Å². The summed E-state index contributed by atoms with van der Waals surface area (Å²) in [5.41, 5.74) is 0. The fourth-order valence-corrected chi connectivity index (χ4v) is 2.17. The van der Waals surface area contributed by atoms with E-state index in [0.717, 1.165) is 19.4 Å². The molecule has 1 saturated heterocycles. The number of hydrogen-bond donors (Lipinski definition) is 0. The third kappa shape index (κ3) is 2.49. The average Bonchev–Trinajstić information content (AvgIpc) is 2.26. The average molecular weight is 197 g/mol. The molecule has 1 rings (SSSR count). The molecule has 0 spiro atoms. The summed E-state index contributed by atoms with van der Waals surface area (Å²) in [6.45, 7) is 7.31. The zero-order valence-corrected chi connectivity index (χ0v) is 9.75. The summed E-state index contributed by atoms with van der Waals surface area (Å²) in [6.07, 6.45) is 5.77. The van der Waals surface area contributed by atoms with Gasteiger partial charge in [-0.05, 0) is 32.1 Å². The molecule has 0 N–H and O–H groups in total. The maximum atomic E-state index is 12.0. The van der Waals surface area contributed by atoms with Crippen LogP contribution in [0.3, 0.4) is 0 Å². The first-order valence-corrected chi connectivity index (χ1v) is 6.01. The molecule has 0 unspecified atom stereocenters. The third-order valence-corrected chi connectivity index (χ3v) is 3.42. The zero-order valence-electron chi connectivity index (χ0n) is 9.75. The number of likely N-dealkylation sites (tertiary alicyclic amines) is 1. The van der Waals surface area contributed by atoms with Crippen LogP contribution in [0.5, 0.6) is 0 Å². The second-order valence-electron chi connectivity index (χ2n) is 4.40. The molecule has 82 valence electrons. The Kier molecular flexibility index (Phi) is 4.43. The number of hydrogen-bond acceptors (Lipinski definition) is 1. The minimum atomic E-state index is 0.210. The van der Waals surface area contributed by atoms with Gasteiger partial charge in [0, 0.05) is 18.5 Å². The molecule has 2 atom stereocenters. The molecule has 2 heteroatoms. The van der Waals surface area contributed by atoms with E-state index in [4.69, 9.17) is 0 Å². The lowest BCUT2D eigenvalue weighted by Crippen LogP contribution is -2.45. The second kappa shape index (κ2) is 5.38. The van der Waals surface area contributed by atoms with Crippen molar-refractivity contribution in [1.29, 1.82) is 0 Å². The molecule has 0 bridgehead atoms. The summed E-state index contributed by atoms with van der Waals surface area (Å²) in [7, 11) is 0. The van der Waals surface area contributed by atoms with Crippen molar-refractivity contribution >= 4 is 5.91 Å². The van der Waals surface area contributed by atoms with E-state index in [0.29, 0.717) is 11.9 Å². The van der Waals surface area contributed by atoms with Crippen LogP contribution in [0.2, 0.25) is 0 Å². The van der Waals surface area contributed by atoms with Gasteiger partial charge >= 0.3 is 0 Å². The summed E-state index contributed by atoms with van der Waals surface area (Å²) >= 11 is 0. The lowest BCUT2D eigenvalue weighted by atomic mass is 9.97. The van der Waals surface area contributed by atoms with Crippen molar-refractivity contribution in [2.45, 2.75) is 58.9 Å². The van der Waals surface area contributed by atoms with Crippen molar-refractivity contribution in [3.63, 3.8) is 0 Å². The third-order valence-electron chi connectivity index (χ3n) is 3.42. The summed E-state index contributed by atoms with van der Waals surface area (Å²) in [4.78, 5) is 14.1. The van der Waals surface area contributed by atoms with Crippen molar-refractivity contribution < 1.29 is 4.79 Å². The fourth-order valence-electron chi connectivity index (χ4n) is 2.17. The molecule has 0 aromatic heterocycles. The van der Waals surface area contributed by atoms with Crippen LogP contribution in [-0.4, -0.2) is 23.4 Å². The topological polar surface area (TPSA) is 20.3 Å². The molecular weight excluding hydrogens is 174 g/mol. The molecule has 1 heterocycles. The maximum Gasteiger partial charge on any atom is 0.225 e. The van der Waals surface area contributed by atoms with Crippen molar-refractivity contribution in [2.24, 2.45) is 5.92 Å². The van der Waals surface area contributed by atoms with E-state index in [1.54, 1.807) is 0 Å². The quantitative estimate of drug-likeness (QED) is 0.681. The molecule has 14 heavy (non-hydrogen) atoms. The lowest BCUT2D eigenvalue weighted by molar-refractivity contribution is -0.138. The van der Waals surface area contributed by atoms with Crippen molar-refractivity contribution in [3.05, 3.63) is 0 Å². The Morgan fingerprint density at radius 3 is 2.71 bits per heavy atom. The molecule has 0 aromatic rings. The van der Waals surface area contributed by atoms with Gasteiger partial charge in [0.05, 0.1) is 0 Å². The van der Waals surface area contributed by atoms with Gasteiger partial charge in [-0.15, -0.1) is 0 Å². The Balaban J connectivity index is 2.58. The van der Waals surface area contributed by atoms with Gasteiger partial charge in [-0.1, -0.05) is 20.8 Å². The van der Waals surface area contributed by atoms with Crippen LogP contribution in [0.4, 0.5) is 0 Å². The molecule has 0 aromatic carbocycles. The van der Waals surface area contributed by atoms with Crippen molar-refractivity contribution in [2.75, 3.05) is 6.54 Å². The molecule has 1 aliphatic rings. The van der Waals surface area contributed by atoms with Crippen LogP contribution in [0.1, 0.15) is 52.9 Å². The number of piperidine rings is 1. The highest BCUT2D eigenvalue weighted by Crippen LogP contribution is 2.22. The Morgan fingerprint density at radius 2 is 2.14 bits per heavy atom. The number of amides is 1. The first-order valence-electron chi connectivity index (χ1n) is 6.01. The molecule has 1 aliphatic heterocycles. The van der Waals surface area contributed by atoms with Gasteiger partial charge in [-0.2, -0.15) is 0 Å². The van der Waals surface area contributed by atoms with E-state index in [2.05, 4.69) is 18.7 Å². The number of carbonyl (C=O) groups is 1. The highest BCUT2D eigenvalue weighted by atomic mass is 16.2. The standard InChI is InChI=1S/C12H23NO/c1-4-10(3)12(14)13-9-7-6-8-11(13)5-2/h10-11H,4-9H2,1-3H3/t10-,11-/m0/s1. The number of carbonyl (C=O) groups excluding carboxylic acids is 1. The number of rotatable bonds is 3. The van der Waals surface area contributed by atoms with Crippen LogP contribution >= 0.6 is 0 Å². The molecule has 0 aliphatic carbocycles. The minimum absolute atomic E-state index is 0.210. The van der Waals surface area contributed by atoms with Crippen LogP contribution in [0.15, 0.2) is 0 Å². The Morgan fingerprint density at radius 1 is 1.43 bits per heavy atom. The summed E-state index contributed by atoms with van der Waals surface area (Å²) in [5, 5.41) is 0. The van der Waals surface area contributed by atoms with E-state index in [1.165, 1.54) is 19.3 Å². The summed E-state index contributed by atoms with van der Waals surface area (Å²) in [6, 6.07) is 0.519.